The molecule has 2 aromatic heterocycles. The molecular weight excluding hydrogens is 461 g/mol. The first-order chi connectivity index (χ1) is 18.0. The van der Waals surface area contributed by atoms with Gasteiger partial charge in [0.05, 0.1) is 24.1 Å². The summed E-state index contributed by atoms with van der Waals surface area (Å²) >= 11 is 0. The van der Waals surface area contributed by atoms with Gasteiger partial charge in [-0.25, -0.2) is 4.68 Å². The zero-order valence-corrected chi connectivity index (χ0v) is 21.4. The topological polar surface area (TPSA) is 77.1 Å². The molecule has 37 heavy (non-hydrogen) atoms. The average molecular weight is 493 g/mol. The van der Waals surface area contributed by atoms with Crippen LogP contribution in [0.25, 0.3) is 11.4 Å². The molecule has 0 amide bonds. The van der Waals surface area contributed by atoms with Crippen molar-refractivity contribution in [2.75, 3.05) is 18.8 Å². The van der Waals surface area contributed by atoms with Crippen LogP contribution in [0.2, 0.25) is 0 Å². The van der Waals surface area contributed by atoms with E-state index >= 15 is 0 Å². The van der Waals surface area contributed by atoms with Gasteiger partial charge in [-0.15, -0.1) is 5.10 Å². The number of amidine groups is 1. The van der Waals surface area contributed by atoms with Crippen molar-refractivity contribution in [3.63, 3.8) is 0 Å². The minimum absolute atomic E-state index is 0.181. The molecule has 2 fully saturated rings. The predicted molar refractivity (Wildman–Crippen MR) is 145 cm³/mol. The van der Waals surface area contributed by atoms with Gasteiger partial charge >= 0.3 is 7.55 Å². The number of anilines is 1. The summed E-state index contributed by atoms with van der Waals surface area (Å²) in [7, 11) is 2.19. The van der Waals surface area contributed by atoms with Crippen LogP contribution in [0.3, 0.4) is 0 Å². The van der Waals surface area contributed by atoms with E-state index in [0.717, 1.165) is 47.2 Å². The van der Waals surface area contributed by atoms with Crippen LogP contribution < -0.4 is 5.73 Å². The molecule has 2 N–H and O–H groups in total. The predicted octanol–water partition coefficient (Wildman–Crippen LogP) is 3.55. The summed E-state index contributed by atoms with van der Waals surface area (Å²) in [6, 6.07) is 12.5. The van der Waals surface area contributed by atoms with Crippen molar-refractivity contribution >= 4 is 24.6 Å². The number of nitrogen functional groups attached to an aromatic ring is 1. The van der Waals surface area contributed by atoms with Gasteiger partial charge in [0.1, 0.15) is 24.6 Å². The molecule has 4 aliphatic rings. The first-order valence-electron chi connectivity index (χ1n) is 13.4. The Morgan fingerprint density at radius 3 is 2.51 bits per heavy atom. The van der Waals surface area contributed by atoms with Gasteiger partial charge in [-0.3, -0.25) is 9.39 Å². The van der Waals surface area contributed by atoms with E-state index in [4.69, 9.17) is 10.5 Å². The summed E-state index contributed by atoms with van der Waals surface area (Å²) in [4.78, 5) is 2.31. The number of hydrogen-bond donors (Lipinski definition) is 1. The molecule has 2 atom stereocenters. The quantitative estimate of drug-likeness (QED) is 0.343. The minimum atomic E-state index is 0.181. The maximum atomic E-state index is 6.04. The molecule has 7 rings (SSSR count). The van der Waals surface area contributed by atoms with Crippen LogP contribution >= 0.6 is 0 Å². The van der Waals surface area contributed by atoms with E-state index in [2.05, 4.69) is 88.2 Å². The van der Waals surface area contributed by atoms with E-state index < -0.39 is 0 Å². The largest absolute Gasteiger partial charge is 0.553 e. The third kappa shape index (κ3) is 3.84. The number of allylic oxidation sites excluding steroid dienone is 1. The molecule has 8 nitrogen and oxygen atoms in total. The fraction of sp³-hybridized carbons (Fsp3) is 0.393. The highest BCUT2D eigenvalue weighted by Crippen LogP contribution is 2.38. The van der Waals surface area contributed by atoms with E-state index in [1.165, 1.54) is 37.1 Å². The molecule has 1 saturated heterocycles. The SMILES string of the molecule is CC1C[N+](=C2C=CC3=C(c4ccc(N)cc4)c4ccc(-n5cc(C6CCCC6)nn5)n4[B]N32)CC(C)O1. The number of rotatable bonds is 3. The summed E-state index contributed by atoms with van der Waals surface area (Å²) in [5.41, 5.74) is 12.5. The first kappa shape index (κ1) is 22.6. The summed E-state index contributed by atoms with van der Waals surface area (Å²) in [5, 5.41) is 9.13. The van der Waals surface area contributed by atoms with Gasteiger partial charge in [0.15, 0.2) is 0 Å². The lowest BCUT2D eigenvalue weighted by Gasteiger charge is -2.30. The normalized spacial score (nSPS) is 23.6. The number of fused-ring (bicyclic) bond motifs is 2. The number of nitrogens with zero attached hydrogens (tertiary/aromatic N) is 6. The van der Waals surface area contributed by atoms with Crippen LogP contribution in [0, 0.1) is 0 Å². The fourth-order valence-corrected chi connectivity index (χ4v) is 6.32. The smallest absolute Gasteiger partial charge is 0.399 e. The van der Waals surface area contributed by atoms with Gasteiger partial charge in [0.2, 0.25) is 0 Å². The molecule has 1 aromatic carbocycles. The second kappa shape index (κ2) is 8.76. The van der Waals surface area contributed by atoms with Crippen LogP contribution in [0.4, 0.5) is 5.69 Å². The van der Waals surface area contributed by atoms with Crippen molar-refractivity contribution in [3.05, 3.63) is 77.4 Å². The van der Waals surface area contributed by atoms with Gasteiger partial charge in [-0.2, -0.15) is 0 Å². The molecule has 0 spiro atoms. The molecule has 9 heteroatoms. The monoisotopic (exact) mass is 493 g/mol. The van der Waals surface area contributed by atoms with Crippen molar-refractivity contribution < 1.29 is 9.31 Å². The van der Waals surface area contributed by atoms with Gasteiger partial charge in [-0.1, -0.05) is 30.2 Å². The molecule has 5 heterocycles. The Kier molecular flexibility index (Phi) is 5.35. The highest BCUT2D eigenvalue weighted by molar-refractivity contribution is 6.40. The van der Waals surface area contributed by atoms with Crippen molar-refractivity contribution in [3.8, 4) is 5.82 Å². The van der Waals surface area contributed by atoms with Crippen LogP contribution in [-0.4, -0.2) is 67.5 Å². The van der Waals surface area contributed by atoms with Gasteiger partial charge in [0, 0.05) is 28.9 Å². The Bertz CT molecular complexity index is 1430. The Morgan fingerprint density at radius 1 is 1.00 bits per heavy atom. The molecule has 3 aliphatic heterocycles. The lowest BCUT2D eigenvalue weighted by molar-refractivity contribution is -0.568. The fourth-order valence-electron chi connectivity index (χ4n) is 6.32. The Hall–Kier alpha value is -3.59. The average Bonchev–Trinajstić information content (AvgIpc) is 3.68. The van der Waals surface area contributed by atoms with Crippen molar-refractivity contribution in [2.24, 2.45) is 0 Å². The maximum Gasteiger partial charge on any atom is 0.553 e. The number of aromatic nitrogens is 4. The van der Waals surface area contributed by atoms with E-state index in [-0.39, 0.29) is 12.2 Å². The highest BCUT2D eigenvalue weighted by Gasteiger charge is 2.41. The molecule has 0 bridgehead atoms. The third-order valence-corrected chi connectivity index (χ3v) is 8.00. The molecule has 1 aliphatic carbocycles. The van der Waals surface area contributed by atoms with Crippen LogP contribution in [-0.2, 0) is 4.74 Å². The van der Waals surface area contributed by atoms with Gasteiger partial charge in [0.25, 0.3) is 5.84 Å². The number of ether oxygens (including phenoxy) is 1. The Morgan fingerprint density at radius 2 is 1.76 bits per heavy atom. The van der Waals surface area contributed by atoms with Crippen molar-refractivity contribution in [1.82, 2.24) is 24.3 Å². The van der Waals surface area contributed by atoms with E-state index in [1.807, 2.05) is 16.8 Å². The highest BCUT2D eigenvalue weighted by atomic mass is 16.5. The molecule has 1 saturated carbocycles. The zero-order chi connectivity index (χ0) is 25.1. The summed E-state index contributed by atoms with van der Waals surface area (Å²) in [6.07, 6.45) is 11.9. The molecule has 187 valence electrons. The number of benzene rings is 1. The zero-order valence-electron chi connectivity index (χ0n) is 21.4. The van der Waals surface area contributed by atoms with E-state index in [1.54, 1.807) is 0 Å². The molecule has 2 unspecified atom stereocenters. The van der Waals surface area contributed by atoms with Crippen LogP contribution in [0.5, 0.6) is 0 Å². The van der Waals surface area contributed by atoms with Gasteiger partial charge < -0.3 is 14.9 Å². The van der Waals surface area contributed by atoms with Crippen molar-refractivity contribution in [1.29, 1.82) is 0 Å². The first-order valence-corrected chi connectivity index (χ1v) is 13.4. The Labute approximate surface area is 218 Å². The lowest BCUT2D eigenvalue weighted by atomic mass is 9.91. The summed E-state index contributed by atoms with van der Waals surface area (Å²) in [5.74, 6) is 2.67. The lowest BCUT2D eigenvalue weighted by Crippen LogP contribution is -2.48. The summed E-state index contributed by atoms with van der Waals surface area (Å²) in [6.45, 7) is 6.01. The molecule has 1 radical (unpaired) electrons. The number of nitrogens with two attached hydrogens (primary N) is 1. The van der Waals surface area contributed by atoms with Crippen LogP contribution in [0.15, 0.2) is 60.4 Å². The summed E-state index contributed by atoms with van der Waals surface area (Å²) < 4.78 is 12.6. The minimum Gasteiger partial charge on any atom is -0.399 e. The standard InChI is InChI=1S/C28H31BN7O/c1-18-15-33(16-19(2)37-18)26-13-11-24-28(21-7-9-22(30)10-8-21)25-12-14-27(36(25)29-35(24)26)34-17-23(31-32-34)20-5-3-4-6-20/h7-14,17-20,30H,3-6,15-16H2,1-2H3/p+1. The number of morpholine rings is 1. The van der Waals surface area contributed by atoms with Crippen LogP contribution in [0.1, 0.15) is 62.4 Å². The van der Waals surface area contributed by atoms with E-state index in [0.29, 0.717) is 5.92 Å². The molecular formula is C28H32BN7O+. The Balaban J connectivity index is 1.35. The van der Waals surface area contributed by atoms with E-state index in [9.17, 15) is 0 Å². The third-order valence-electron chi connectivity index (χ3n) is 8.00. The van der Waals surface area contributed by atoms with Gasteiger partial charge in [-0.05, 0) is 62.6 Å². The second-order valence-corrected chi connectivity index (χ2v) is 10.7. The van der Waals surface area contributed by atoms with Crippen molar-refractivity contribution in [2.45, 2.75) is 57.7 Å². The maximum absolute atomic E-state index is 6.04. The molecule has 3 aromatic rings. The second-order valence-electron chi connectivity index (χ2n) is 10.7. The number of hydrogen-bond acceptors (Lipinski definition) is 4.